The first kappa shape index (κ1) is 30.2. The molecule has 1 aliphatic rings. The minimum absolute atomic E-state index is 0.0267. The molecular weight excluding hydrogens is 565 g/mol. The SMILES string of the molecule is O=C(NC(COCc1ccccc1)P(=O)(O)CC(Cc1ccccc1)C(=O)O)OCC1c2ccccc2-c2ccccc21. The summed E-state index contributed by atoms with van der Waals surface area (Å²) in [5.74, 6) is -3.89. The third-order valence-corrected chi connectivity index (χ3v) is 9.87. The van der Waals surface area contributed by atoms with Crippen LogP contribution in [-0.4, -0.2) is 47.2 Å². The highest BCUT2D eigenvalue weighted by atomic mass is 31.2. The maximum atomic E-state index is 13.7. The van der Waals surface area contributed by atoms with Crippen molar-refractivity contribution in [3.63, 3.8) is 0 Å². The molecule has 0 fully saturated rings. The van der Waals surface area contributed by atoms with Crippen LogP contribution in [0.4, 0.5) is 4.79 Å². The van der Waals surface area contributed by atoms with Gasteiger partial charge in [0.25, 0.3) is 0 Å². The van der Waals surface area contributed by atoms with Crippen LogP contribution in [0.5, 0.6) is 0 Å². The Kier molecular flexibility index (Phi) is 9.72. The van der Waals surface area contributed by atoms with Crippen molar-refractivity contribution in [2.45, 2.75) is 24.7 Å². The van der Waals surface area contributed by atoms with Crippen molar-refractivity contribution in [1.82, 2.24) is 5.32 Å². The van der Waals surface area contributed by atoms with E-state index >= 15 is 0 Å². The number of hydrogen-bond donors (Lipinski definition) is 3. The van der Waals surface area contributed by atoms with E-state index in [0.29, 0.717) is 0 Å². The topological polar surface area (TPSA) is 122 Å². The van der Waals surface area contributed by atoms with Gasteiger partial charge >= 0.3 is 12.1 Å². The molecule has 4 aromatic rings. The number of nitrogens with one attached hydrogen (secondary N) is 1. The quantitative estimate of drug-likeness (QED) is 0.155. The van der Waals surface area contributed by atoms with Crippen LogP contribution < -0.4 is 5.32 Å². The van der Waals surface area contributed by atoms with E-state index < -0.39 is 37.3 Å². The largest absolute Gasteiger partial charge is 0.481 e. The summed E-state index contributed by atoms with van der Waals surface area (Å²) in [5, 5.41) is 12.4. The lowest BCUT2D eigenvalue weighted by molar-refractivity contribution is -0.141. The Morgan fingerprint density at radius 1 is 0.791 bits per heavy atom. The van der Waals surface area contributed by atoms with E-state index in [1.807, 2.05) is 84.9 Å². The molecule has 0 aromatic heterocycles. The molecule has 222 valence electrons. The fourth-order valence-electron chi connectivity index (χ4n) is 5.47. The Labute approximate surface area is 250 Å². The van der Waals surface area contributed by atoms with Crippen LogP contribution >= 0.6 is 7.37 Å². The molecule has 0 saturated carbocycles. The second kappa shape index (κ2) is 13.8. The molecule has 0 aliphatic heterocycles. The number of alkyl carbamates (subject to hydrolysis) is 1. The second-order valence-electron chi connectivity index (χ2n) is 10.6. The number of fused-ring (bicyclic) bond motifs is 3. The van der Waals surface area contributed by atoms with Gasteiger partial charge in [-0.2, -0.15) is 0 Å². The van der Waals surface area contributed by atoms with Crippen LogP contribution in [0, 0.1) is 5.92 Å². The zero-order valence-corrected chi connectivity index (χ0v) is 24.4. The lowest BCUT2D eigenvalue weighted by atomic mass is 9.98. The number of benzene rings is 4. The Morgan fingerprint density at radius 3 is 1.91 bits per heavy atom. The Hall–Kier alpha value is -4.23. The number of ether oxygens (including phenoxy) is 2. The molecule has 4 aromatic carbocycles. The number of aliphatic carboxylic acids is 1. The number of carbonyl (C=O) groups is 2. The average Bonchev–Trinajstić information content (AvgIpc) is 3.33. The van der Waals surface area contributed by atoms with Crippen molar-refractivity contribution in [2.24, 2.45) is 5.92 Å². The summed E-state index contributed by atoms with van der Waals surface area (Å²) in [6.07, 6.45) is -1.34. The molecule has 0 bridgehead atoms. The first-order valence-electron chi connectivity index (χ1n) is 14.1. The molecule has 3 N–H and O–H groups in total. The highest BCUT2D eigenvalue weighted by molar-refractivity contribution is 7.58. The van der Waals surface area contributed by atoms with Gasteiger partial charge < -0.3 is 24.8 Å². The third kappa shape index (κ3) is 7.59. The second-order valence-corrected chi connectivity index (χ2v) is 13.1. The Bertz CT molecular complexity index is 1550. The fraction of sp³-hybridized carbons (Fsp3) is 0.235. The van der Waals surface area contributed by atoms with E-state index in [1.165, 1.54) is 0 Å². The standard InChI is InChI=1S/C34H34NO7P/c36-33(37)26(19-24-11-3-1-4-12-24)23-43(39,40)32(22-41-20-25-13-5-2-6-14-25)35-34(38)42-21-31-29-17-9-7-15-27(29)28-16-8-10-18-30(28)31/h1-18,26,31-32H,19-23H2,(H,35,38)(H,36,37)(H,39,40). The van der Waals surface area contributed by atoms with E-state index in [2.05, 4.69) is 5.32 Å². The summed E-state index contributed by atoms with van der Waals surface area (Å²) in [6, 6.07) is 34.1. The summed E-state index contributed by atoms with van der Waals surface area (Å²) in [4.78, 5) is 36.4. The predicted molar refractivity (Wildman–Crippen MR) is 164 cm³/mol. The van der Waals surface area contributed by atoms with Crippen molar-refractivity contribution >= 4 is 19.4 Å². The smallest absolute Gasteiger partial charge is 0.407 e. The van der Waals surface area contributed by atoms with Gasteiger partial charge in [-0.25, -0.2) is 4.79 Å². The predicted octanol–water partition coefficient (Wildman–Crippen LogP) is 6.28. The van der Waals surface area contributed by atoms with Crippen molar-refractivity contribution < 1.29 is 33.6 Å². The van der Waals surface area contributed by atoms with Gasteiger partial charge in [0.15, 0.2) is 0 Å². The summed E-state index contributed by atoms with van der Waals surface area (Å²) in [5.41, 5.74) is 5.82. The van der Waals surface area contributed by atoms with Crippen LogP contribution in [-0.2, 0) is 31.9 Å². The van der Waals surface area contributed by atoms with E-state index in [-0.39, 0.29) is 32.2 Å². The molecule has 3 atom stereocenters. The fourth-order valence-corrected chi connectivity index (χ4v) is 7.29. The Morgan fingerprint density at radius 2 is 1.33 bits per heavy atom. The van der Waals surface area contributed by atoms with Gasteiger partial charge in [0.1, 0.15) is 12.4 Å². The number of amides is 1. The zero-order chi connectivity index (χ0) is 30.2. The molecule has 0 radical (unpaired) electrons. The highest BCUT2D eigenvalue weighted by Crippen LogP contribution is 2.48. The Balaban J connectivity index is 1.29. The molecule has 43 heavy (non-hydrogen) atoms. The lowest BCUT2D eigenvalue weighted by Crippen LogP contribution is -2.40. The highest BCUT2D eigenvalue weighted by Gasteiger charge is 2.38. The van der Waals surface area contributed by atoms with Crippen molar-refractivity contribution in [1.29, 1.82) is 0 Å². The van der Waals surface area contributed by atoms with Gasteiger partial charge in [-0.15, -0.1) is 0 Å². The molecule has 1 amide bonds. The number of carboxylic acids is 1. The van der Waals surface area contributed by atoms with Crippen molar-refractivity contribution in [3.8, 4) is 11.1 Å². The van der Waals surface area contributed by atoms with Crippen LogP contribution in [0.15, 0.2) is 109 Å². The summed E-state index contributed by atoms with van der Waals surface area (Å²) in [6.45, 7) is -0.125. The van der Waals surface area contributed by atoms with Crippen LogP contribution in [0.3, 0.4) is 0 Å². The van der Waals surface area contributed by atoms with E-state index in [4.69, 9.17) is 9.47 Å². The van der Waals surface area contributed by atoms with Crippen LogP contribution in [0.2, 0.25) is 0 Å². The van der Waals surface area contributed by atoms with Crippen LogP contribution in [0.1, 0.15) is 28.2 Å². The minimum Gasteiger partial charge on any atom is -0.481 e. The molecule has 8 nitrogen and oxygen atoms in total. The molecule has 9 heteroatoms. The summed E-state index contributed by atoms with van der Waals surface area (Å²) < 4.78 is 25.1. The van der Waals surface area contributed by atoms with Gasteiger partial charge in [0, 0.05) is 12.1 Å². The van der Waals surface area contributed by atoms with E-state index in [0.717, 1.165) is 33.4 Å². The number of rotatable bonds is 13. The molecule has 1 aliphatic carbocycles. The molecule has 3 unspecified atom stereocenters. The maximum Gasteiger partial charge on any atom is 0.407 e. The van der Waals surface area contributed by atoms with Crippen molar-refractivity contribution in [3.05, 3.63) is 131 Å². The zero-order valence-electron chi connectivity index (χ0n) is 23.5. The van der Waals surface area contributed by atoms with E-state index in [9.17, 15) is 24.2 Å². The number of hydrogen-bond acceptors (Lipinski definition) is 5. The summed E-state index contributed by atoms with van der Waals surface area (Å²) in [7, 11) is -4.30. The van der Waals surface area contributed by atoms with Crippen LogP contribution in [0.25, 0.3) is 11.1 Å². The van der Waals surface area contributed by atoms with Gasteiger partial charge in [-0.05, 0) is 39.8 Å². The lowest BCUT2D eigenvalue weighted by Gasteiger charge is -2.26. The molecule has 0 saturated heterocycles. The molecular formula is C34H34NO7P. The number of carbonyl (C=O) groups excluding carboxylic acids is 1. The molecule has 5 rings (SSSR count). The monoisotopic (exact) mass is 599 g/mol. The van der Waals surface area contributed by atoms with E-state index in [1.54, 1.807) is 24.3 Å². The van der Waals surface area contributed by atoms with Gasteiger partial charge in [0.05, 0.1) is 19.1 Å². The molecule has 0 heterocycles. The maximum absolute atomic E-state index is 13.7. The number of carboxylic acid groups (broad SMARTS) is 1. The van der Waals surface area contributed by atoms with Crippen molar-refractivity contribution in [2.75, 3.05) is 19.4 Å². The van der Waals surface area contributed by atoms with Gasteiger partial charge in [-0.1, -0.05) is 109 Å². The minimum atomic E-state index is -4.30. The summed E-state index contributed by atoms with van der Waals surface area (Å²) >= 11 is 0. The average molecular weight is 600 g/mol. The normalized spacial score (nSPS) is 15.0. The molecule has 0 spiro atoms. The van der Waals surface area contributed by atoms with Gasteiger partial charge in [0.2, 0.25) is 7.37 Å². The third-order valence-electron chi connectivity index (χ3n) is 7.66. The first-order valence-corrected chi connectivity index (χ1v) is 16.0. The van der Waals surface area contributed by atoms with Gasteiger partial charge in [-0.3, -0.25) is 9.36 Å². The first-order chi connectivity index (χ1) is 20.8.